The van der Waals surface area contributed by atoms with Crippen LogP contribution in [0.15, 0.2) is 42.6 Å². The minimum Gasteiger partial charge on any atom is -0.378 e. The number of morpholine rings is 1. The summed E-state index contributed by atoms with van der Waals surface area (Å²) in [5.41, 5.74) is 4.22. The zero-order valence-corrected chi connectivity index (χ0v) is 18.7. The second kappa shape index (κ2) is 9.45. The van der Waals surface area contributed by atoms with Crippen LogP contribution in [0.1, 0.15) is 12.0 Å². The quantitative estimate of drug-likeness (QED) is 0.739. The monoisotopic (exact) mass is 421 g/mol. The molecule has 0 spiro atoms. The highest BCUT2D eigenvalue weighted by Crippen LogP contribution is 2.30. The van der Waals surface area contributed by atoms with Crippen molar-refractivity contribution in [2.45, 2.75) is 12.8 Å². The van der Waals surface area contributed by atoms with Gasteiger partial charge in [-0.25, -0.2) is 4.98 Å². The zero-order chi connectivity index (χ0) is 21.0. The zero-order valence-electron chi connectivity index (χ0n) is 18.7. The summed E-state index contributed by atoms with van der Waals surface area (Å²) in [6.45, 7) is 10.3. The molecule has 1 aromatic heterocycles. The number of rotatable bonds is 5. The Morgan fingerprint density at radius 2 is 1.68 bits per heavy atom. The number of hydrogen-bond acceptors (Lipinski definition) is 6. The van der Waals surface area contributed by atoms with Crippen molar-refractivity contribution < 1.29 is 4.74 Å². The van der Waals surface area contributed by atoms with Gasteiger partial charge >= 0.3 is 0 Å². The molecule has 6 heteroatoms. The molecule has 0 amide bonds. The molecule has 6 nitrogen and oxygen atoms in total. The average molecular weight is 422 g/mol. The van der Waals surface area contributed by atoms with Crippen LogP contribution in [-0.2, 0) is 11.2 Å². The number of piperazine rings is 1. The van der Waals surface area contributed by atoms with Crippen LogP contribution in [0.4, 0.5) is 17.2 Å². The van der Waals surface area contributed by atoms with Gasteiger partial charge in [0.05, 0.1) is 25.1 Å². The summed E-state index contributed by atoms with van der Waals surface area (Å²) in [7, 11) is 2.22. The second-order valence-electron chi connectivity index (χ2n) is 9.20. The highest BCUT2D eigenvalue weighted by molar-refractivity contribution is 5.55. The number of anilines is 3. The van der Waals surface area contributed by atoms with Crippen molar-refractivity contribution in [3.8, 4) is 0 Å². The minimum absolute atomic E-state index is 0.701. The van der Waals surface area contributed by atoms with Gasteiger partial charge in [-0.2, -0.15) is 0 Å². The topological polar surface area (TPSA) is 35.1 Å². The van der Waals surface area contributed by atoms with E-state index in [2.05, 4.69) is 69.2 Å². The van der Waals surface area contributed by atoms with Crippen molar-refractivity contribution in [1.29, 1.82) is 0 Å². The van der Waals surface area contributed by atoms with Crippen molar-refractivity contribution in [3.63, 3.8) is 0 Å². The lowest BCUT2D eigenvalue weighted by molar-refractivity contribution is 0.122. The molecular weight excluding hydrogens is 386 g/mol. The number of benzene rings is 1. The van der Waals surface area contributed by atoms with E-state index in [1.165, 1.54) is 23.4 Å². The highest BCUT2D eigenvalue weighted by atomic mass is 16.5. The summed E-state index contributed by atoms with van der Waals surface area (Å²) in [5, 5.41) is 0. The van der Waals surface area contributed by atoms with E-state index in [1.807, 2.05) is 0 Å². The van der Waals surface area contributed by atoms with Gasteiger partial charge in [-0.15, -0.1) is 0 Å². The number of hydrogen-bond donors (Lipinski definition) is 0. The van der Waals surface area contributed by atoms with Gasteiger partial charge in [0.1, 0.15) is 5.82 Å². The average Bonchev–Trinajstić information content (AvgIpc) is 3.29. The van der Waals surface area contributed by atoms with E-state index in [0.717, 1.165) is 77.8 Å². The van der Waals surface area contributed by atoms with Gasteiger partial charge in [-0.05, 0) is 49.6 Å². The maximum Gasteiger partial charge on any atom is 0.128 e. The van der Waals surface area contributed by atoms with Crippen molar-refractivity contribution >= 4 is 17.2 Å². The van der Waals surface area contributed by atoms with Crippen LogP contribution in [-0.4, -0.2) is 82.5 Å². The molecule has 166 valence electrons. The van der Waals surface area contributed by atoms with Crippen molar-refractivity contribution in [2.75, 3.05) is 87.3 Å². The molecular formula is C25H35N5O. The molecule has 0 bridgehead atoms. The normalized spacial score (nSPS) is 22.9. The molecule has 2 aromatic rings. The van der Waals surface area contributed by atoms with E-state index in [9.17, 15) is 0 Å². The lowest BCUT2D eigenvalue weighted by atomic mass is 9.96. The molecule has 3 aliphatic heterocycles. The van der Waals surface area contributed by atoms with E-state index in [0.29, 0.717) is 5.92 Å². The Balaban J connectivity index is 1.21. The maximum atomic E-state index is 5.46. The number of nitrogens with zero attached hydrogens (tertiary/aromatic N) is 5. The fourth-order valence-electron chi connectivity index (χ4n) is 5.13. The molecule has 0 unspecified atom stereocenters. The third-order valence-corrected chi connectivity index (χ3v) is 7.06. The molecule has 0 radical (unpaired) electrons. The number of para-hydroxylation sites is 1. The van der Waals surface area contributed by atoms with Crippen LogP contribution < -0.4 is 14.7 Å². The molecule has 1 atom stereocenters. The van der Waals surface area contributed by atoms with E-state index < -0.39 is 0 Å². The Hall–Kier alpha value is -2.31. The van der Waals surface area contributed by atoms with Crippen molar-refractivity contribution in [3.05, 3.63) is 48.2 Å². The summed E-state index contributed by atoms with van der Waals surface area (Å²) in [6, 6.07) is 13.5. The summed E-state index contributed by atoms with van der Waals surface area (Å²) in [6.07, 6.45) is 4.48. The smallest absolute Gasteiger partial charge is 0.128 e. The minimum atomic E-state index is 0.701. The molecule has 31 heavy (non-hydrogen) atoms. The number of ether oxygens (including phenoxy) is 1. The van der Waals surface area contributed by atoms with Crippen molar-refractivity contribution in [1.82, 2.24) is 9.88 Å². The predicted octanol–water partition coefficient (Wildman–Crippen LogP) is 2.74. The fraction of sp³-hybridized carbons (Fsp3) is 0.560. The van der Waals surface area contributed by atoms with Crippen LogP contribution in [0.25, 0.3) is 0 Å². The summed E-state index contributed by atoms with van der Waals surface area (Å²) in [5.74, 6) is 1.77. The Morgan fingerprint density at radius 1 is 0.871 bits per heavy atom. The first-order valence-corrected chi connectivity index (χ1v) is 11.8. The number of likely N-dealkylation sites (N-methyl/N-ethyl adjacent to an activating group) is 1. The summed E-state index contributed by atoms with van der Waals surface area (Å²) in [4.78, 5) is 14.6. The molecule has 1 aromatic carbocycles. The molecule has 0 N–H and O–H groups in total. The van der Waals surface area contributed by atoms with Crippen molar-refractivity contribution in [2.24, 2.45) is 5.92 Å². The highest BCUT2D eigenvalue weighted by Gasteiger charge is 2.25. The van der Waals surface area contributed by atoms with Gasteiger partial charge in [0.15, 0.2) is 0 Å². The van der Waals surface area contributed by atoms with Crippen LogP contribution in [0.3, 0.4) is 0 Å². The largest absolute Gasteiger partial charge is 0.378 e. The SMILES string of the molecule is CN1CCN(c2ccccc2C[C@H]2CCN(c3ccc(N4CCOCC4)nc3)C2)CC1. The second-order valence-corrected chi connectivity index (χ2v) is 9.20. The first kappa shape index (κ1) is 20.6. The molecule has 0 aliphatic carbocycles. The Morgan fingerprint density at radius 3 is 2.45 bits per heavy atom. The van der Waals surface area contributed by atoms with Gasteiger partial charge in [-0.3, -0.25) is 0 Å². The number of pyridine rings is 1. The standard InChI is InChI=1S/C25H35N5O/c1-27-10-12-28(13-11-27)24-5-3-2-4-22(24)18-21-8-9-30(20-21)23-6-7-25(26-19-23)29-14-16-31-17-15-29/h2-7,19,21H,8-18,20H2,1H3/t21-/m1/s1. The van der Waals surface area contributed by atoms with E-state index in [4.69, 9.17) is 9.72 Å². The van der Waals surface area contributed by atoms with Crippen LogP contribution in [0, 0.1) is 5.92 Å². The predicted molar refractivity (Wildman–Crippen MR) is 127 cm³/mol. The van der Waals surface area contributed by atoms with E-state index >= 15 is 0 Å². The Bertz CT molecular complexity index is 843. The van der Waals surface area contributed by atoms with Gasteiger partial charge in [0.2, 0.25) is 0 Å². The third-order valence-electron chi connectivity index (χ3n) is 7.06. The first-order valence-electron chi connectivity index (χ1n) is 11.8. The maximum absolute atomic E-state index is 5.46. The fourth-order valence-corrected chi connectivity index (χ4v) is 5.13. The third kappa shape index (κ3) is 4.80. The van der Waals surface area contributed by atoms with E-state index in [-0.39, 0.29) is 0 Å². The molecule has 4 heterocycles. The molecule has 3 aliphatic rings. The lowest BCUT2D eigenvalue weighted by Crippen LogP contribution is -2.44. The van der Waals surface area contributed by atoms with Crippen LogP contribution >= 0.6 is 0 Å². The molecule has 0 saturated carbocycles. The first-order chi connectivity index (χ1) is 15.3. The Labute approximate surface area is 186 Å². The lowest BCUT2D eigenvalue weighted by Gasteiger charge is -2.35. The summed E-state index contributed by atoms with van der Waals surface area (Å²) < 4.78 is 5.46. The Kier molecular flexibility index (Phi) is 6.27. The van der Waals surface area contributed by atoms with Gasteiger partial charge in [0.25, 0.3) is 0 Å². The van der Waals surface area contributed by atoms with Gasteiger partial charge < -0.3 is 24.3 Å². The van der Waals surface area contributed by atoms with Gasteiger partial charge in [-0.1, -0.05) is 18.2 Å². The van der Waals surface area contributed by atoms with Crippen LogP contribution in [0.2, 0.25) is 0 Å². The molecule has 3 saturated heterocycles. The summed E-state index contributed by atoms with van der Waals surface area (Å²) >= 11 is 0. The molecule has 5 rings (SSSR count). The number of aromatic nitrogens is 1. The van der Waals surface area contributed by atoms with Gasteiger partial charge in [0, 0.05) is 58.0 Å². The van der Waals surface area contributed by atoms with E-state index in [1.54, 1.807) is 0 Å². The molecule has 3 fully saturated rings. The van der Waals surface area contributed by atoms with Crippen LogP contribution in [0.5, 0.6) is 0 Å².